The van der Waals surface area contributed by atoms with Crippen molar-refractivity contribution >= 4 is 5.91 Å². The van der Waals surface area contributed by atoms with Gasteiger partial charge in [-0.1, -0.05) is 53.7 Å². The van der Waals surface area contributed by atoms with Crippen LogP contribution in [0.4, 0.5) is 0 Å². The number of carbonyl (C=O) groups excluding carboxylic acids is 1. The third-order valence-corrected chi connectivity index (χ3v) is 6.30. The second-order valence-corrected chi connectivity index (χ2v) is 9.27. The highest BCUT2D eigenvalue weighted by Gasteiger charge is 2.26. The monoisotopic (exact) mass is 410 g/mol. The topological polar surface area (TPSA) is 51.2 Å². The highest BCUT2D eigenvalue weighted by atomic mass is 16.5. The second-order valence-electron chi connectivity index (χ2n) is 9.27. The van der Waals surface area contributed by atoms with Crippen LogP contribution < -0.4 is 10.1 Å². The van der Waals surface area contributed by atoms with Gasteiger partial charge in [0.15, 0.2) is 0 Å². The smallest absolute Gasteiger partial charge is 0.220 e. The Labute approximate surface area is 182 Å². The van der Waals surface area contributed by atoms with Gasteiger partial charge in [0.1, 0.15) is 5.75 Å². The minimum Gasteiger partial charge on any atom is -0.493 e. The molecule has 4 nitrogen and oxygen atoms in total. The van der Waals surface area contributed by atoms with Crippen LogP contribution in [-0.4, -0.2) is 17.5 Å². The lowest BCUT2D eigenvalue weighted by molar-refractivity contribution is -0.121. The number of nitrogens with one attached hydrogen (secondary N) is 1. The van der Waals surface area contributed by atoms with Gasteiger partial charge < -0.3 is 10.1 Å². The quantitative estimate of drug-likeness (QED) is 0.467. The summed E-state index contributed by atoms with van der Waals surface area (Å²) in [6.07, 6.45) is 6.74. The van der Waals surface area contributed by atoms with Crippen molar-refractivity contribution < 1.29 is 9.53 Å². The van der Waals surface area contributed by atoms with E-state index in [1.165, 1.54) is 11.1 Å². The number of hydrogen-bond donors (Lipinski definition) is 1. The van der Waals surface area contributed by atoms with E-state index in [0.29, 0.717) is 26.0 Å². The Bertz CT molecular complexity index is 813. The average molecular weight is 411 g/mol. The van der Waals surface area contributed by atoms with E-state index in [-0.39, 0.29) is 16.7 Å². The fraction of sp³-hybridized carbons (Fsp3) is 0.538. The SMILES string of the molecule is CCC(C)(C)c1ccc(OCCCC(=O)NCc2ccncc2)c(C(C)(C)CC)c1. The van der Waals surface area contributed by atoms with Gasteiger partial charge in [-0.25, -0.2) is 0 Å². The van der Waals surface area contributed by atoms with E-state index < -0.39 is 0 Å². The van der Waals surface area contributed by atoms with Gasteiger partial charge in [-0.2, -0.15) is 0 Å². The summed E-state index contributed by atoms with van der Waals surface area (Å²) < 4.78 is 6.15. The molecule has 2 aromatic rings. The molecule has 0 bridgehead atoms. The molecule has 1 aromatic carbocycles. The highest BCUT2D eigenvalue weighted by molar-refractivity contribution is 5.75. The van der Waals surface area contributed by atoms with Gasteiger partial charge >= 0.3 is 0 Å². The molecule has 30 heavy (non-hydrogen) atoms. The molecule has 1 amide bonds. The zero-order valence-electron chi connectivity index (χ0n) is 19.5. The Morgan fingerprint density at radius 3 is 2.30 bits per heavy atom. The molecule has 0 aliphatic carbocycles. The molecular weight excluding hydrogens is 372 g/mol. The van der Waals surface area contributed by atoms with Gasteiger partial charge in [-0.05, 0) is 59.4 Å². The minimum atomic E-state index is 0.0388. The Morgan fingerprint density at radius 1 is 1.00 bits per heavy atom. The Morgan fingerprint density at radius 2 is 1.67 bits per heavy atom. The van der Waals surface area contributed by atoms with Crippen LogP contribution in [0.15, 0.2) is 42.7 Å². The van der Waals surface area contributed by atoms with E-state index in [2.05, 4.69) is 70.0 Å². The molecule has 0 aliphatic heterocycles. The molecule has 4 heteroatoms. The number of carbonyl (C=O) groups is 1. The van der Waals surface area contributed by atoms with Crippen LogP contribution in [0.25, 0.3) is 0 Å². The lowest BCUT2D eigenvalue weighted by Gasteiger charge is -2.30. The molecule has 2 rings (SSSR count). The Kier molecular flexibility index (Phi) is 8.45. The van der Waals surface area contributed by atoms with Gasteiger partial charge in [-0.3, -0.25) is 9.78 Å². The maximum atomic E-state index is 12.1. The van der Waals surface area contributed by atoms with E-state index >= 15 is 0 Å². The van der Waals surface area contributed by atoms with E-state index in [4.69, 9.17) is 4.74 Å². The summed E-state index contributed by atoms with van der Waals surface area (Å²) in [6, 6.07) is 10.4. The highest BCUT2D eigenvalue weighted by Crippen LogP contribution is 2.38. The summed E-state index contributed by atoms with van der Waals surface area (Å²) in [5, 5.41) is 2.95. The van der Waals surface area contributed by atoms with Gasteiger partial charge in [-0.15, -0.1) is 0 Å². The predicted molar refractivity (Wildman–Crippen MR) is 124 cm³/mol. The van der Waals surface area contributed by atoms with Crippen molar-refractivity contribution in [1.82, 2.24) is 10.3 Å². The molecule has 0 radical (unpaired) electrons. The first-order valence-corrected chi connectivity index (χ1v) is 11.1. The lowest BCUT2D eigenvalue weighted by atomic mass is 9.76. The van der Waals surface area contributed by atoms with E-state index in [1.807, 2.05) is 12.1 Å². The largest absolute Gasteiger partial charge is 0.493 e. The summed E-state index contributed by atoms with van der Waals surface area (Å²) >= 11 is 0. The van der Waals surface area contributed by atoms with Crippen molar-refractivity contribution in [3.63, 3.8) is 0 Å². The van der Waals surface area contributed by atoms with Crippen LogP contribution in [0.2, 0.25) is 0 Å². The third kappa shape index (κ3) is 6.58. The molecule has 0 saturated heterocycles. The summed E-state index contributed by atoms with van der Waals surface area (Å²) in [6.45, 7) is 14.6. The van der Waals surface area contributed by atoms with Crippen molar-refractivity contribution in [2.45, 2.75) is 84.6 Å². The number of aromatic nitrogens is 1. The Balaban J connectivity index is 1.94. The second kappa shape index (κ2) is 10.6. The van der Waals surface area contributed by atoms with Gasteiger partial charge in [0.2, 0.25) is 5.91 Å². The fourth-order valence-corrected chi connectivity index (χ4v) is 3.20. The maximum Gasteiger partial charge on any atom is 0.220 e. The number of benzene rings is 1. The van der Waals surface area contributed by atoms with Crippen LogP contribution in [-0.2, 0) is 22.2 Å². The van der Waals surface area contributed by atoms with Crippen molar-refractivity contribution in [2.24, 2.45) is 0 Å². The van der Waals surface area contributed by atoms with Gasteiger partial charge in [0.25, 0.3) is 0 Å². The maximum absolute atomic E-state index is 12.1. The molecule has 164 valence electrons. The fourth-order valence-electron chi connectivity index (χ4n) is 3.20. The molecule has 1 aromatic heterocycles. The minimum absolute atomic E-state index is 0.0388. The molecule has 0 unspecified atom stereocenters. The molecule has 0 aliphatic rings. The van der Waals surface area contributed by atoms with Gasteiger partial charge in [0.05, 0.1) is 6.61 Å². The molecule has 0 fully saturated rings. The van der Waals surface area contributed by atoms with Crippen LogP contribution in [0.5, 0.6) is 5.75 Å². The zero-order valence-corrected chi connectivity index (χ0v) is 19.5. The van der Waals surface area contributed by atoms with Crippen LogP contribution in [0, 0.1) is 0 Å². The van der Waals surface area contributed by atoms with Gasteiger partial charge in [0, 0.05) is 30.9 Å². The van der Waals surface area contributed by atoms with Crippen LogP contribution in [0.1, 0.15) is 83.9 Å². The molecule has 0 saturated carbocycles. The first-order valence-electron chi connectivity index (χ1n) is 11.1. The molecule has 0 spiro atoms. The van der Waals surface area contributed by atoms with Crippen LogP contribution in [0.3, 0.4) is 0 Å². The first-order chi connectivity index (χ1) is 14.2. The van der Waals surface area contributed by atoms with E-state index in [0.717, 1.165) is 24.2 Å². The van der Waals surface area contributed by atoms with Crippen molar-refractivity contribution in [1.29, 1.82) is 0 Å². The van der Waals surface area contributed by atoms with Crippen molar-refractivity contribution in [3.8, 4) is 5.75 Å². The van der Waals surface area contributed by atoms with Crippen LogP contribution >= 0.6 is 0 Å². The van der Waals surface area contributed by atoms with E-state index in [9.17, 15) is 4.79 Å². The zero-order chi connectivity index (χ0) is 22.2. The predicted octanol–water partition coefficient (Wildman–Crippen LogP) is 5.93. The summed E-state index contributed by atoms with van der Waals surface area (Å²) in [5.74, 6) is 0.985. The average Bonchev–Trinajstić information content (AvgIpc) is 2.75. The first kappa shape index (κ1) is 23.9. The number of rotatable bonds is 11. The summed E-state index contributed by atoms with van der Waals surface area (Å²) in [7, 11) is 0. The lowest BCUT2D eigenvalue weighted by Crippen LogP contribution is -2.23. The number of amides is 1. The molecule has 0 atom stereocenters. The number of ether oxygens (including phenoxy) is 1. The third-order valence-electron chi connectivity index (χ3n) is 6.30. The Hall–Kier alpha value is -2.36. The van der Waals surface area contributed by atoms with Crippen molar-refractivity contribution in [2.75, 3.05) is 6.61 Å². The normalized spacial score (nSPS) is 11.9. The summed E-state index contributed by atoms with van der Waals surface area (Å²) in [5.41, 5.74) is 3.84. The number of hydrogen-bond acceptors (Lipinski definition) is 3. The van der Waals surface area contributed by atoms with Crippen molar-refractivity contribution in [3.05, 3.63) is 59.4 Å². The molecule has 1 heterocycles. The number of nitrogens with zero attached hydrogens (tertiary/aromatic N) is 1. The molecular formula is C26H38N2O2. The van der Waals surface area contributed by atoms with E-state index in [1.54, 1.807) is 12.4 Å². The summed E-state index contributed by atoms with van der Waals surface area (Å²) in [4.78, 5) is 16.1. The standard InChI is InChI=1S/C26H38N2O2/c1-7-25(3,4)21-11-12-23(22(18-21)26(5,6)8-2)30-17-9-10-24(29)28-19-20-13-15-27-16-14-20/h11-16,18H,7-10,17,19H2,1-6H3,(H,28,29). The molecule has 1 N–H and O–H groups in total. The number of pyridine rings is 1.